The maximum atomic E-state index is 5.14. The van der Waals surface area contributed by atoms with Crippen LogP contribution in [0.4, 0.5) is 0 Å². The Hall–Kier alpha value is -0.200. The molecule has 0 fully saturated rings. The minimum atomic E-state index is 0.887. The molecule has 0 saturated carbocycles. The van der Waals surface area contributed by atoms with Crippen LogP contribution in [0.1, 0.15) is 0 Å². The van der Waals surface area contributed by atoms with Gasteiger partial charge in [0, 0.05) is 17.8 Å². The van der Waals surface area contributed by atoms with Crippen molar-refractivity contribution in [3.05, 3.63) is 50.5 Å². The summed E-state index contributed by atoms with van der Waals surface area (Å²) >= 11 is 7.59. The summed E-state index contributed by atoms with van der Waals surface area (Å²) < 4.78 is 7.50. The lowest BCUT2D eigenvalue weighted by atomic mass is 10.3. The van der Waals surface area contributed by atoms with Gasteiger partial charge in [0.15, 0.2) is 0 Å². The van der Waals surface area contributed by atoms with Crippen molar-refractivity contribution >= 4 is 50.3 Å². The SMILES string of the molecule is COc1ccc(Sc2ccc(I)c(Br)c2)cc1. The molecule has 0 radical (unpaired) electrons. The summed E-state index contributed by atoms with van der Waals surface area (Å²) in [6, 6.07) is 14.5. The summed E-state index contributed by atoms with van der Waals surface area (Å²) in [5.74, 6) is 0.887. The number of halogens is 2. The predicted molar refractivity (Wildman–Crippen MR) is 84.0 cm³/mol. The van der Waals surface area contributed by atoms with Crippen LogP contribution < -0.4 is 4.74 Å². The van der Waals surface area contributed by atoms with Crippen LogP contribution in [0, 0.1) is 3.57 Å². The van der Waals surface area contributed by atoms with Crippen molar-refractivity contribution in [3.63, 3.8) is 0 Å². The molecule has 0 aliphatic heterocycles. The molecule has 4 heteroatoms. The Bertz CT molecular complexity index is 513. The zero-order chi connectivity index (χ0) is 12.3. The van der Waals surface area contributed by atoms with E-state index in [1.54, 1.807) is 18.9 Å². The van der Waals surface area contributed by atoms with Gasteiger partial charge >= 0.3 is 0 Å². The lowest BCUT2D eigenvalue weighted by Gasteiger charge is -2.04. The number of benzene rings is 2. The molecule has 88 valence electrons. The molecule has 0 saturated heterocycles. The maximum Gasteiger partial charge on any atom is 0.118 e. The Kier molecular flexibility index (Phi) is 4.76. The van der Waals surface area contributed by atoms with Crippen LogP contribution in [-0.2, 0) is 0 Å². The summed E-state index contributed by atoms with van der Waals surface area (Å²) in [7, 11) is 1.68. The summed E-state index contributed by atoms with van der Waals surface area (Å²) in [4.78, 5) is 2.43. The van der Waals surface area contributed by atoms with E-state index in [-0.39, 0.29) is 0 Å². The molecular formula is C13H10BrIOS. The summed E-state index contributed by atoms with van der Waals surface area (Å²) in [6.07, 6.45) is 0. The number of rotatable bonds is 3. The Balaban J connectivity index is 2.16. The average molecular weight is 421 g/mol. The van der Waals surface area contributed by atoms with Crippen LogP contribution in [0.25, 0.3) is 0 Å². The first-order valence-electron chi connectivity index (χ1n) is 4.96. The van der Waals surface area contributed by atoms with E-state index in [9.17, 15) is 0 Å². The van der Waals surface area contributed by atoms with Gasteiger partial charge in [-0.25, -0.2) is 0 Å². The Labute approximate surface area is 127 Å². The first-order valence-corrected chi connectivity index (χ1v) is 7.65. The molecule has 0 aliphatic carbocycles. The summed E-state index contributed by atoms with van der Waals surface area (Å²) in [6.45, 7) is 0. The minimum Gasteiger partial charge on any atom is -0.497 e. The zero-order valence-electron chi connectivity index (χ0n) is 9.11. The third kappa shape index (κ3) is 3.63. The standard InChI is InChI=1S/C13H10BrIOS/c1-16-9-2-4-10(5-3-9)17-11-6-7-13(15)12(14)8-11/h2-8H,1H3. The van der Waals surface area contributed by atoms with E-state index < -0.39 is 0 Å². The number of hydrogen-bond acceptors (Lipinski definition) is 2. The highest BCUT2D eigenvalue weighted by Gasteiger charge is 2.01. The van der Waals surface area contributed by atoms with Crippen molar-refractivity contribution in [1.82, 2.24) is 0 Å². The first-order chi connectivity index (χ1) is 8.19. The van der Waals surface area contributed by atoms with Crippen molar-refractivity contribution in [2.24, 2.45) is 0 Å². The molecule has 2 aromatic rings. The van der Waals surface area contributed by atoms with Gasteiger partial charge in [-0.05, 0) is 81.0 Å². The van der Waals surface area contributed by atoms with E-state index in [1.165, 1.54) is 13.4 Å². The van der Waals surface area contributed by atoms with Crippen molar-refractivity contribution in [1.29, 1.82) is 0 Å². The largest absolute Gasteiger partial charge is 0.497 e. The minimum absolute atomic E-state index is 0.887. The third-order valence-electron chi connectivity index (χ3n) is 2.19. The number of methoxy groups -OCH3 is 1. The molecule has 0 aliphatic rings. The van der Waals surface area contributed by atoms with Crippen molar-refractivity contribution < 1.29 is 4.74 Å². The quantitative estimate of drug-likeness (QED) is 0.630. The molecule has 17 heavy (non-hydrogen) atoms. The zero-order valence-corrected chi connectivity index (χ0v) is 13.7. The molecule has 0 aromatic heterocycles. The second-order valence-electron chi connectivity index (χ2n) is 3.35. The molecule has 0 atom stereocenters. The molecule has 0 N–H and O–H groups in total. The molecule has 0 unspecified atom stereocenters. The fourth-order valence-corrected chi connectivity index (χ4v) is 3.04. The highest BCUT2D eigenvalue weighted by atomic mass is 127. The predicted octanol–water partition coefficient (Wildman–Crippen LogP) is 5.21. The van der Waals surface area contributed by atoms with Crippen molar-refractivity contribution in [2.75, 3.05) is 7.11 Å². The molecule has 0 spiro atoms. The van der Waals surface area contributed by atoms with Gasteiger partial charge in [-0.1, -0.05) is 11.8 Å². The fraction of sp³-hybridized carbons (Fsp3) is 0.0769. The Morgan fingerprint density at radius 2 is 1.71 bits per heavy atom. The molecule has 0 amide bonds. The number of hydrogen-bond donors (Lipinski definition) is 0. The highest BCUT2D eigenvalue weighted by molar-refractivity contribution is 14.1. The topological polar surface area (TPSA) is 9.23 Å². The van der Waals surface area contributed by atoms with Crippen LogP contribution >= 0.6 is 50.3 Å². The van der Waals surface area contributed by atoms with Gasteiger partial charge in [-0.3, -0.25) is 0 Å². The van der Waals surface area contributed by atoms with Crippen LogP contribution in [0.3, 0.4) is 0 Å². The molecule has 0 bridgehead atoms. The Morgan fingerprint density at radius 3 is 2.29 bits per heavy atom. The van der Waals surface area contributed by atoms with Gasteiger partial charge in [0.25, 0.3) is 0 Å². The van der Waals surface area contributed by atoms with Gasteiger partial charge in [0.1, 0.15) is 5.75 Å². The van der Waals surface area contributed by atoms with Gasteiger partial charge in [-0.2, -0.15) is 0 Å². The fourth-order valence-electron chi connectivity index (χ4n) is 1.32. The van der Waals surface area contributed by atoms with E-state index >= 15 is 0 Å². The maximum absolute atomic E-state index is 5.14. The molecule has 0 heterocycles. The second-order valence-corrected chi connectivity index (χ2v) is 6.52. The first kappa shape index (κ1) is 13.2. The second kappa shape index (κ2) is 6.11. The summed E-state index contributed by atoms with van der Waals surface area (Å²) in [5.41, 5.74) is 0. The van der Waals surface area contributed by atoms with Crippen molar-refractivity contribution in [3.8, 4) is 5.75 Å². The molecular weight excluding hydrogens is 411 g/mol. The number of ether oxygens (including phenoxy) is 1. The molecule has 2 rings (SSSR count). The van der Waals surface area contributed by atoms with Crippen LogP contribution in [0.2, 0.25) is 0 Å². The van der Waals surface area contributed by atoms with Gasteiger partial charge in [0.2, 0.25) is 0 Å². The average Bonchev–Trinajstić information content (AvgIpc) is 2.35. The van der Waals surface area contributed by atoms with Gasteiger partial charge in [-0.15, -0.1) is 0 Å². The lowest BCUT2D eigenvalue weighted by Crippen LogP contribution is -1.81. The van der Waals surface area contributed by atoms with E-state index in [4.69, 9.17) is 4.74 Å². The molecule has 2 aromatic carbocycles. The van der Waals surface area contributed by atoms with Crippen LogP contribution in [-0.4, -0.2) is 7.11 Å². The van der Waals surface area contributed by atoms with Crippen molar-refractivity contribution in [2.45, 2.75) is 9.79 Å². The van der Waals surface area contributed by atoms with E-state index in [1.807, 2.05) is 12.1 Å². The van der Waals surface area contributed by atoms with Crippen LogP contribution in [0.5, 0.6) is 5.75 Å². The van der Waals surface area contributed by atoms with Gasteiger partial charge in [0.05, 0.1) is 7.11 Å². The van der Waals surface area contributed by atoms with Crippen LogP contribution in [0.15, 0.2) is 56.7 Å². The normalized spacial score (nSPS) is 10.3. The smallest absolute Gasteiger partial charge is 0.118 e. The third-order valence-corrected chi connectivity index (χ3v) is 5.52. The lowest BCUT2D eigenvalue weighted by molar-refractivity contribution is 0.414. The van der Waals surface area contributed by atoms with E-state index in [0.29, 0.717) is 0 Å². The van der Waals surface area contributed by atoms with E-state index in [2.05, 4.69) is 68.9 Å². The molecule has 1 nitrogen and oxygen atoms in total. The monoisotopic (exact) mass is 420 g/mol. The Morgan fingerprint density at radius 1 is 1.06 bits per heavy atom. The van der Waals surface area contributed by atoms with Gasteiger partial charge < -0.3 is 4.74 Å². The van der Waals surface area contributed by atoms with E-state index in [0.717, 1.165) is 10.2 Å². The highest BCUT2D eigenvalue weighted by Crippen LogP contribution is 2.32. The summed E-state index contributed by atoms with van der Waals surface area (Å²) in [5, 5.41) is 0.